The summed E-state index contributed by atoms with van der Waals surface area (Å²) >= 11 is 0. The molecule has 0 radical (unpaired) electrons. The maximum atomic E-state index is 11.9. The third kappa shape index (κ3) is 4.48. The highest BCUT2D eigenvalue weighted by molar-refractivity contribution is 5.95. The molecule has 8 heteroatoms. The molecule has 0 aromatic heterocycles. The van der Waals surface area contributed by atoms with Gasteiger partial charge in [-0.15, -0.1) is 0 Å². The third-order valence-electron chi connectivity index (χ3n) is 5.19. The zero-order chi connectivity index (χ0) is 22.0. The van der Waals surface area contributed by atoms with Gasteiger partial charge in [-0.1, -0.05) is 18.2 Å². The molecule has 1 aliphatic heterocycles. The smallest absolute Gasteiger partial charge is 0.251 e. The summed E-state index contributed by atoms with van der Waals surface area (Å²) in [4.78, 5) is 11.9. The van der Waals surface area contributed by atoms with Crippen molar-refractivity contribution in [2.24, 2.45) is 0 Å². The molecule has 0 saturated carbocycles. The van der Waals surface area contributed by atoms with Crippen molar-refractivity contribution in [1.82, 2.24) is 5.32 Å². The molecular weight excluding hydrogens is 390 g/mol. The lowest BCUT2D eigenvalue weighted by molar-refractivity contribution is -0.286. The number of aliphatic hydroxyl groups is 4. The van der Waals surface area contributed by atoms with Gasteiger partial charge in [0.2, 0.25) is 6.29 Å². The van der Waals surface area contributed by atoms with Crippen molar-refractivity contribution in [2.75, 3.05) is 7.05 Å². The van der Waals surface area contributed by atoms with Crippen molar-refractivity contribution < 1.29 is 34.7 Å². The molecule has 30 heavy (non-hydrogen) atoms. The lowest BCUT2D eigenvalue weighted by Crippen LogP contribution is -2.61. The Morgan fingerprint density at radius 2 is 1.77 bits per heavy atom. The molecule has 6 atom stereocenters. The SMILES string of the molecule is CNC(=O)c1cccc(-c2ccc(O[C@H]3O[C@H]([C@H](C)O)[C@@H](O)[C@H](O)[C@@H]3O)c(C)c2)c1. The Bertz CT molecular complexity index is 901. The number of rotatable bonds is 5. The van der Waals surface area contributed by atoms with E-state index in [4.69, 9.17) is 9.47 Å². The number of carbonyl (C=O) groups excluding carboxylic acids is 1. The standard InChI is InChI=1S/C22H27NO7/c1-11-9-14(13-5-4-6-15(10-13)21(28)23-3)7-8-16(11)29-22-19(27)17(25)18(26)20(30-22)12(2)24/h4-10,12,17-20,22,24-27H,1-3H3,(H,23,28)/t12-,17-,18-,19-,20+,22-/m0/s1. The molecule has 0 bridgehead atoms. The second-order valence-corrected chi connectivity index (χ2v) is 7.44. The molecular formula is C22H27NO7. The van der Waals surface area contributed by atoms with E-state index in [1.807, 2.05) is 19.1 Å². The lowest BCUT2D eigenvalue weighted by Gasteiger charge is -2.41. The summed E-state index contributed by atoms with van der Waals surface area (Å²) in [6.45, 7) is 3.23. The van der Waals surface area contributed by atoms with Crippen molar-refractivity contribution in [3.63, 3.8) is 0 Å². The van der Waals surface area contributed by atoms with Crippen LogP contribution in [0.3, 0.4) is 0 Å². The van der Waals surface area contributed by atoms with Crippen LogP contribution in [0.5, 0.6) is 5.75 Å². The molecule has 1 aliphatic rings. The lowest BCUT2D eigenvalue weighted by atomic mass is 9.96. The van der Waals surface area contributed by atoms with E-state index < -0.39 is 36.8 Å². The fourth-order valence-electron chi connectivity index (χ4n) is 3.44. The van der Waals surface area contributed by atoms with Gasteiger partial charge in [-0.05, 0) is 54.8 Å². The average Bonchev–Trinajstić information content (AvgIpc) is 2.74. The zero-order valence-electron chi connectivity index (χ0n) is 17.0. The molecule has 1 saturated heterocycles. The molecule has 2 aromatic carbocycles. The predicted molar refractivity (Wildman–Crippen MR) is 109 cm³/mol. The van der Waals surface area contributed by atoms with Crippen LogP contribution in [0.25, 0.3) is 11.1 Å². The fourth-order valence-corrected chi connectivity index (χ4v) is 3.44. The van der Waals surface area contributed by atoms with Crippen LogP contribution in [0.15, 0.2) is 42.5 Å². The second kappa shape index (κ2) is 9.11. The monoisotopic (exact) mass is 417 g/mol. The molecule has 1 heterocycles. The first-order valence-electron chi connectivity index (χ1n) is 9.70. The minimum atomic E-state index is -1.52. The van der Waals surface area contributed by atoms with Crippen molar-refractivity contribution in [3.8, 4) is 16.9 Å². The van der Waals surface area contributed by atoms with Crippen molar-refractivity contribution in [2.45, 2.75) is 50.7 Å². The van der Waals surface area contributed by atoms with Gasteiger partial charge < -0.3 is 35.2 Å². The molecule has 0 spiro atoms. The maximum Gasteiger partial charge on any atom is 0.251 e. The van der Waals surface area contributed by atoms with Gasteiger partial charge in [0, 0.05) is 12.6 Å². The normalized spacial score (nSPS) is 27.4. The van der Waals surface area contributed by atoms with Gasteiger partial charge >= 0.3 is 0 Å². The van der Waals surface area contributed by atoms with E-state index in [0.29, 0.717) is 11.3 Å². The Hall–Kier alpha value is -2.49. The molecule has 3 rings (SSSR count). The van der Waals surface area contributed by atoms with Gasteiger partial charge in [0.15, 0.2) is 0 Å². The zero-order valence-corrected chi connectivity index (χ0v) is 17.0. The number of benzene rings is 2. The quantitative estimate of drug-likeness (QED) is 0.482. The summed E-state index contributed by atoms with van der Waals surface area (Å²) in [7, 11) is 1.57. The van der Waals surface area contributed by atoms with Crippen molar-refractivity contribution >= 4 is 5.91 Å². The minimum Gasteiger partial charge on any atom is -0.462 e. The highest BCUT2D eigenvalue weighted by atomic mass is 16.7. The van der Waals surface area contributed by atoms with E-state index in [2.05, 4.69) is 5.32 Å². The van der Waals surface area contributed by atoms with E-state index in [1.165, 1.54) is 6.92 Å². The Labute approximate surface area is 174 Å². The number of hydrogen-bond acceptors (Lipinski definition) is 7. The Kier molecular flexibility index (Phi) is 6.74. The third-order valence-corrected chi connectivity index (χ3v) is 5.19. The van der Waals surface area contributed by atoms with Gasteiger partial charge in [-0.25, -0.2) is 0 Å². The number of aliphatic hydroxyl groups excluding tert-OH is 4. The fraction of sp³-hybridized carbons (Fsp3) is 0.409. The van der Waals surface area contributed by atoms with E-state index in [-0.39, 0.29) is 5.91 Å². The largest absolute Gasteiger partial charge is 0.462 e. The summed E-state index contributed by atoms with van der Waals surface area (Å²) in [5.41, 5.74) is 3.01. The van der Waals surface area contributed by atoms with Gasteiger partial charge in [0.25, 0.3) is 5.91 Å². The molecule has 5 N–H and O–H groups in total. The molecule has 1 amide bonds. The second-order valence-electron chi connectivity index (χ2n) is 7.44. The van der Waals surface area contributed by atoms with Crippen LogP contribution in [0.1, 0.15) is 22.8 Å². The van der Waals surface area contributed by atoms with Gasteiger partial charge in [0.1, 0.15) is 30.2 Å². The maximum absolute atomic E-state index is 11.9. The molecule has 162 valence electrons. The molecule has 2 aromatic rings. The van der Waals surface area contributed by atoms with Gasteiger partial charge in [-0.3, -0.25) is 4.79 Å². The number of carbonyl (C=O) groups is 1. The Morgan fingerprint density at radius 1 is 1.07 bits per heavy atom. The van der Waals surface area contributed by atoms with Crippen molar-refractivity contribution in [3.05, 3.63) is 53.6 Å². The summed E-state index contributed by atoms with van der Waals surface area (Å²) in [6.07, 6.45) is -7.86. The molecule has 0 unspecified atom stereocenters. The predicted octanol–water partition coefficient (Wildman–Crippen LogP) is 0.589. The van der Waals surface area contributed by atoms with Crippen LogP contribution in [0.2, 0.25) is 0 Å². The molecule has 1 fully saturated rings. The van der Waals surface area contributed by atoms with E-state index in [1.54, 1.807) is 37.4 Å². The van der Waals surface area contributed by atoms with Crippen LogP contribution in [0, 0.1) is 6.92 Å². The topological polar surface area (TPSA) is 128 Å². The van der Waals surface area contributed by atoms with Crippen LogP contribution < -0.4 is 10.1 Å². The Balaban J connectivity index is 1.81. The number of aryl methyl sites for hydroxylation is 1. The Morgan fingerprint density at radius 3 is 2.40 bits per heavy atom. The van der Waals surface area contributed by atoms with Gasteiger partial charge in [-0.2, -0.15) is 0 Å². The number of hydrogen-bond donors (Lipinski definition) is 5. The first-order chi connectivity index (χ1) is 14.2. The van der Waals surface area contributed by atoms with E-state index in [0.717, 1.165) is 16.7 Å². The highest BCUT2D eigenvalue weighted by Crippen LogP contribution is 2.30. The van der Waals surface area contributed by atoms with Crippen molar-refractivity contribution in [1.29, 1.82) is 0 Å². The number of nitrogens with one attached hydrogen (secondary N) is 1. The number of ether oxygens (including phenoxy) is 2. The summed E-state index contributed by atoms with van der Waals surface area (Å²) in [5.74, 6) is 0.239. The first-order valence-corrected chi connectivity index (χ1v) is 9.70. The van der Waals surface area contributed by atoms with E-state index >= 15 is 0 Å². The van der Waals surface area contributed by atoms with Crippen LogP contribution in [0.4, 0.5) is 0 Å². The van der Waals surface area contributed by atoms with Gasteiger partial charge in [0.05, 0.1) is 6.10 Å². The summed E-state index contributed by atoms with van der Waals surface area (Å²) < 4.78 is 11.2. The highest BCUT2D eigenvalue weighted by Gasteiger charge is 2.46. The van der Waals surface area contributed by atoms with Crippen LogP contribution in [-0.2, 0) is 4.74 Å². The van der Waals surface area contributed by atoms with E-state index in [9.17, 15) is 25.2 Å². The average molecular weight is 417 g/mol. The molecule has 0 aliphatic carbocycles. The summed E-state index contributed by atoms with van der Waals surface area (Å²) in [5, 5.41) is 42.6. The number of amides is 1. The first kappa shape index (κ1) is 22.2. The molecule has 8 nitrogen and oxygen atoms in total. The van der Waals surface area contributed by atoms with Crippen LogP contribution in [-0.4, -0.2) is 70.2 Å². The van der Waals surface area contributed by atoms with Crippen LogP contribution >= 0.6 is 0 Å². The summed E-state index contributed by atoms with van der Waals surface area (Å²) in [6, 6.07) is 12.6. The minimum absolute atomic E-state index is 0.176.